The highest BCUT2D eigenvalue weighted by molar-refractivity contribution is 7.12. The molecule has 1 aromatic rings. The number of nitrogens with zero attached hydrogens (tertiary/aromatic N) is 1. The maximum atomic E-state index is 12.2. The van der Waals surface area contributed by atoms with Gasteiger partial charge in [-0.3, -0.25) is 9.59 Å². The fourth-order valence-corrected chi connectivity index (χ4v) is 3.18. The predicted molar refractivity (Wildman–Crippen MR) is 60.6 cm³/mol. The lowest BCUT2D eigenvalue weighted by Gasteiger charge is -2.21. The van der Waals surface area contributed by atoms with Gasteiger partial charge in [0, 0.05) is 0 Å². The number of likely N-dealkylation sites (tertiary alicyclic amines) is 1. The standard InChI is InChI=1S/C11H12N2O2S/c14-8-6-13(7-3-4-12-10(7)8)11(15)9-2-1-5-16-9/h1-2,5,7,10,12H,3-4,6H2. The summed E-state index contributed by atoms with van der Waals surface area (Å²) in [6.07, 6.45) is 0.882. The first kappa shape index (κ1) is 9.99. The van der Waals surface area contributed by atoms with Crippen molar-refractivity contribution in [2.75, 3.05) is 13.1 Å². The van der Waals surface area contributed by atoms with Crippen LogP contribution in [-0.2, 0) is 4.79 Å². The van der Waals surface area contributed by atoms with Crippen molar-refractivity contribution in [1.82, 2.24) is 10.2 Å². The van der Waals surface area contributed by atoms with E-state index in [9.17, 15) is 9.59 Å². The van der Waals surface area contributed by atoms with Gasteiger partial charge in [0.25, 0.3) is 5.91 Å². The lowest BCUT2D eigenvalue weighted by molar-refractivity contribution is -0.118. The van der Waals surface area contributed by atoms with Gasteiger partial charge in [-0.2, -0.15) is 0 Å². The molecule has 1 aromatic heterocycles. The van der Waals surface area contributed by atoms with Crippen LogP contribution >= 0.6 is 11.3 Å². The van der Waals surface area contributed by atoms with Gasteiger partial charge in [-0.25, -0.2) is 0 Å². The Hall–Kier alpha value is -1.20. The van der Waals surface area contributed by atoms with Crippen molar-refractivity contribution in [3.63, 3.8) is 0 Å². The summed E-state index contributed by atoms with van der Waals surface area (Å²) in [5.41, 5.74) is 0. The average molecular weight is 236 g/mol. The lowest BCUT2D eigenvalue weighted by atomic mass is 10.1. The zero-order valence-electron chi connectivity index (χ0n) is 8.68. The number of fused-ring (bicyclic) bond motifs is 1. The Kier molecular flexibility index (Phi) is 2.29. The molecule has 2 atom stereocenters. The normalized spacial score (nSPS) is 28.5. The molecule has 2 saturated heterocycles. The molecule has 2 unspecified atom stereocenters. The highest BCUT2D eigenvalue weighted by Gasteiger charge is 2.45. The first-order valence-electron chi connectivity index (χ1n) is 5.38. The predicted octanol–water partition coefficient (Wildman–Crippen LogP) is 0.504. The van der Waals surface area contributed by atoms with E-state index < -0.39 is 0 Å². The van der Waals surface area contributed by atoms with Crippen LogP contribution in [0.3, 0.4) is 0 Å². The molecule has 0 saturated carbocycles. The van der Waals surface area contributed by atoms with Gasteiger partial charge in [-0.1, -0.05) is 6.07 Å². The van der Waals surface area contributed by atoms with E-state index >= 15 is 0 Å². The van der Waals surface area contributed by atoms with Gasteiger partial charge in [0.15, 0.2) is 5.78 Å². The van der Waals surface area contributed by atoms with Crippen molar-refractivity contribution in [2.45, 2.75) is 18.5 Å². The molecular weight excluding hydrogens is 224 g/mol. The summed E-state index contributed by atoms with van der Waals surface area (Å²) >= 11 is 1.43. The van der Waals surface area contributed by atoms with Crippen LogP contribution in [0, 0.1) is 0 Å². The fraction of sp³-hybridized carbons (Fsp3) is 0.455. The third kappa shape index (κ3) is 1.39. The van der Waals surface area contributed by atoms with Crippen LogP contribution < -0.4 is 5.32 Å². The minimum Gasteiger partial charge on any atom is -0.325 e. The fourth-order valence-electron chi connectivity index (χ4n) is 2.50. The topological polar surface area (TPSA) is 49.4 Å². The zero-order chi connectivity index (χ0) is 11.1. The number of thiophene rings is 1. The Balaban J connectivity index is 1.86. The van der Waals surface area contributed by atoms with Crippen molar-refractivity contribution in [1.29, 1.82) is 0 Å². The lowest BCUT2D eigenvalue weighted by Crippen LogP contribution is -2.38. The van der Waals surface area contributed by atoms with E-state index in [0.717, 1.165) is 17.8 Å². The Morgan fingerprint density at radius 2 is 2.44 bits per heavy atom. The third-order valence-corrected chi connectivity index (χ3v) is 4.11. The summed E-state index contributed by atoms with van der Waals surface area (Å²) in [7, 11) is 0. The summed E-state index contributed by atoms with van der Waals surface area (Å²) in [6, 6.07) is 3.62. The number of carbonyl (C=O) groups is 2. The Morgan fingerprint density at radius 3 is 3.19 bits per heavy atom. The van der Waals surface area contributed by atoms with E-state index in [1.807, 2.05) is 17.5 Å². The van der Waals surface area contributed by atoms with Crippen LogP contribution in [0.1, 0.15) is 16.1 Å². The van der Waals surface area contributed by atoms with Crippen molar-refractivity contribution in [3.05, 3.63) is 22.4 Å². The van der Waals surface area contributed by atoms with Crippen LogP contribution in [-0.4, -0.2) is 41.8 Å². The summed E-state index contributed by atoms with van der Waals surface area (Å²) in [6.45, 7) is 1.09. The number of ketones is 1. The monoisotopic (exact) mass is 236 g/mol. The van der Waals surface area contributed by atoms with Crippen LogP contribution in [0.4, 0.5) is 0 Å². The number of carbonyl (C=O) groups excluding carboxylic acids is 2. The SMILES string of the molecule is O=C1CN(C(=O)c2cccs2)C2CCNC12. The summed E-state index contributed by atoms with van der Waals surface area (Å²) in [4.78, 5) is 26.3. The molecule has 3 heterocycles. The molecule has 1 amide bonds. The molecule has 0 radical (unpaired) electrons. The number of amides is 1. The third-order valence-electron chi connectivity index (χ3n) is 3.26. The highest BCUT2D eigenvalue weighted by Crippen LogP contribution is 2.25. The molecule has 16 heavy (non-hydrogen) atoms. The van der Waals surface area contributed by atoms with Gasteiger partial charge in [0.1, 0.15) is 0 Å². The number of nitrogens with one attached hydrogen (secondary N) is 1. The Morgan fingerprint density at radius 1 is 1.56 bits per heavy atom. The summed E-state index contributed by atoms with van der Waals surface area (Å²) < 4.78 is 0. The molecule has 0 spiro atoms. The number of hydrogen-bond acceptors (Lipinski definition) is 4. The number of hydrogen-bond donors (Lipinski definition) is 1. The van der Waals surface area contributed by atoms with Crippen molar-refractivity contribution in [3.8, 4) is 0 Å². The largest absolute Gasteiger partial charge is 0.325 e. The van der Waals surface area contributed by atoms with Crippen LogP contribution in [0.5, 0.6) is 0 Å². The van der Waals surface area contributed by atoms with Crippen LogP contribution in [0.2, 0.25) is 0 Å². The molecule has 2 aliphatic rings. The van der Waals surface area contributed by atoms with Gasteiger partial charge in [0.2, 0.25) is 0 Å². The maximum Gasteiger partial charge on any atom is 0.264 e. The van der Waals surface area contributed by atoms with Crippen molar-refractivity contribution < 1.29 is 9.59 Å². The van der Waals surface area contributed by atoms with Gasteiger partial charge in [-0.15, -0.1) is 11.3 Å². The van der Waals surface area contributed by atoms with Gasteiger partial charge >= 0.3 is 0 Å². The smallest absolute Gasteiger partial charge is 0.264 e. The molecule has 2 aliphatic heterocycles. The van der Waals surface area contributed by atoms with Crippen LogP contribution in [0.25, 0.3) is 0 Å². The van der Waals surface area contributed by atoms with Crippen LogP contribution in [0.15, 0.2) is 17.5 Å². The Bertz CT molecular complexity index is 429. The average Bonchev–Trinajstić information content (AvgIpc) is 2.94. The van der Waals surface area contributed by atoms with E-state index in [1.54, 1.807) is 4.90 Å². The van der Waals surface area contributed by atoms with E-state index in [2.05, 4.69) is 5.32 Å². The first-order valence-corrected chi connectivity index (χ1v) is 6.26. The second-order valence-corrected chi connectivity index (χ2v) is 5.11. The van der Waals surface area contributed by atoms with E-state index in [-0.39, 0.29) is 30.3 Å². The molecule has 5 heteroatoms. The number of Topliss-reactive ketones (excluding diaryl/α,β-unsaturated/α-hetero) is 1. The first-order chi connectivity index (χ1) is 7.77. The number of rotatable bonds is 1. The quantitative estimate of drug-likeness (QED) is 0.772. The second kappa shape index (κ2) is 3.68. The van der Waals surface area contributed by atoms with Crippen molar-refractivity contribution in [2.24, 2.45) is 0 Å². The van der Waals surface area contributed by atoms with Gasteiger partial charge < -0.3 is 10.2 Å². The molecule has 84 valence electrons. The van der Waals surface area contributed by atoms with E-state index in [4.69, 9.17) is 0 Å². The molecular formula is C11H12N2O2S. The van der Waals surface area contributed by atoms with E-state index in [0.29, 0.717) is 0 Å². The molecule has 0 bridgehead atoms. The zero-order valence-corrected chi connectivity index (χ0v) is 9.50. The van der Waals surface area contributed by atoms with Gasteiger partial charge in [0.05, 0.1) is 23.5 Å². The van der Waals surface area contributed by atoms with Gasteiger partial charge in [-0.05, 0) is 24.4 Å². The van der Waals surface area contributed by atoms with Crippen molar-refractivity contribution >= 4 is 23.0 Å². The molecule has 4 nitrogen and oxygen atoms in total. The second-order valence-electron chi connectivity index (χ2n) is 4.16. The molecule has 0 aliphatic carbocycles. The summed E-state index contributed by atoms with van der Waals surface area (Å²) in [5.74, 6) is 0.145. The molecule has 1 N–H and O–H groups in total. The Labute approximate surface area is 97.2 Å². The molecule has 3 rings (SSSR count). The highest BCUT2D eigenvalue weighted by atomic mass is 32.1. The molecule has 2 fully saturated rings. The molecule has 0 aromatic carbocycles. The summed E-state index contributed by atoms with van der Waals surface area (Å²) in [5, 5.41) is 5.04. The minimum atomic E-state index is -0.121. The minimum absolute atomic E-state index is 0.000417. The maximum absolute atomic E-state index is 12.2. The van der Waals surface area contributed by atoms with E-state index in [1.165, 1.54) is 11.3 Å².